The molecule has 0 aliphatic heterocycles. The van der Waals surface area contributed by atoms with Gasteiger partial charge in [0.25, 0.3) is 0 Å². The summed E-state index contributed by atoms with van der Waals surface area (Å²) in [5.41, 5.74) is 7.69. The number of thiocarbonyl (C=S) groups is 1. The van der Waals surface area contributed by atoms with Gasteiger partial charge in [-0.2, -0.15) is 0 Å². The molecule has 0 amide bonds. The van der Waals surface area contributed by atoms with Crippen LogP contribution in [0, 0.1) is 5.92 Å². The maximum atomic E-state index is 5.81. The van der Waals surface area contributed by atoms with Gasteiger partial charge in [0.2, 0.25) is 0 Å². The van der Waals surface area contributed by atoms with E-state index in [2.05, 4.69) is 6.07 Å². The topological polar surface area (TPSA) is 35.2 Å². The molecule has 2 rings (SSSR count). The van der Waals surface area contributed by atoms with Crippen LogP contribution in [-0.2, 0) is 11.3 Å². The first-order chi connectivity index (χ1) is 8.75. The van der Waals surface area contributed by atoms with Gasteiger partial charge < -0.3 is 10.5 Å². The highest BCUT2D eigenvalue weighted by Gasteiger charge is 2.13. The van der Waals surface area contributed by atoms with Gasteiger partial charge in [-0.3, -0.25) is 0 Å². The molecule has 0 saturated heterocycles. The largest absolute Gasteiger partial charge is 0.389 e. The monoisotopic (exact) mass is 263 g/mol. The zero-order valence-electron chi connectivity index (χ0n) is 10.7. The van der Waals surface area contributed by atoms with Crippen LogP contribution in [0.5, 0.6) is 0 Å². The molecule has 0 unspecified atom stereocenters. The third-order valence-corrected chi connectivity index (χ3v) is 3.79. The van der Waals surface area contributed by atoms with Crippen LogP contribution >= 0.6 is 12.2 Å². The van der Waals surface area contributed by atoms with E-state index in [1.165, 1.54) is 32.1 Å². The van der Waals surface area contributed by atoms with Crippen LogP contribution in [0.25, 0.3) is 0 Å². The molecule has 18 heavy (non-hydrogen) atoms. The van der Waals surface area contributed by atoms with Crippen molar-refractivity contribution in [3.63, 3.8) is 0 Å². The summed E-state index contributed by atoms with van der Waals surface area (Å²) < 4.78 is 5.81. The molecular formula is C15H21NOS. The molecule has 1 aliphatic carbocycles. The molecule has 3 heteroatoms. The van der Waals surface area contributed by atoms with Gasteiger partial charge in [-0.05, 0) is 30.4 Å². The van der Waals surface area contributed by atoms with Crippen molar-refractivity contribution in [3.8, 4) is 0 Å². The molecule has 0 spiro atoms. The Bertz CT molecular complexity index is 399. The SMILES string of the molecule is NC(=S)c1cccc(COCC2CCCCC2)c1. The van der Waals surface area contributed by atoms with Crippen LogP contribution in [0.2, 0.25) is 0 Å². The second-order valence-electron chi connectivity index (χ2n) is 5.08. The quantitative estimate of drug-likeness (QED) is 0.827. The van der Waals surface area contributed by atoms with Gasteiger partial charge in [-0.1, -0.05) is 49.7 Å². The minimum absolute atomic E-state index is 0.448. The van der Waals surface area contributed by atoms with Gasteiger partial charge in [0.15, 0.2) is 0 Å². The number of hydrogen-bond acceptors (Lipinski definition) is 2. The molecule has 1 aromatic rings. The fourth-order valence-corrected chi connectivity index (χ4v) is 2.64. The summed E-state index contributed by atoms with van der Waals surface area (Å²) in [6, 6.07) is 7.99. The average Bonchev–Trinajstić information content (AvgIpc) is 2.40. The van der Waals surface area contributed by atoms with Crippen LogP contribution in [0.3, 0.4) is 0 Å². The van der Waals surface area contributed by atoms with Gasteiger partial charge in [0, 0.05) is 12.2 Å². The van der Waals surface area contributed by atoms with Gasteiger partial charge in [0.1, 0.15) is 4.99 Å². The molecule has 0 radical (unpaired) electrons. The molecule has 98 valence electrons. The lowest BCUT2D eigenvalue weighted by molar-refractivity contribution is 0.0739. The molecule has 0 atom stereocenters. The van der Waals surface area contributed by atoms with Crippen molar-refractivity contribution < 1.29 is 4.74 Å². The second kappa shape index (κ2) is 6.86. The summed E-state index contributed by atoms with van der Waals surface area (Å²) in [7, 11) is 0. The predicted molar refractivity (Wildman–Crippen MR) is 78.6 cm³/mol. The van der Waals surface area contributed by atoms with Crippen molar-refractivity contribution in [2.75, 3.05) is 6.61 Å². The first-order valence-corrected chi connectivity index (χ1v) is 7.13. The molecule has 2 nitrogen and oxygen atoms in total. The minimum atomic E-state index is 0.448. The van der Waals surface area contributed by atoms with E-state index in [1.807, 2.05) is 18.2 Å². The van der Waals surface area contributed by atoms with E-state index in [1.54, 1.807) is 0 Å². The van der Waals surface area contributed by atoms with E-state index in [4.69, 9.17) is 22.7 Å². The first-order valence-electron chi connectivity index (χ1n) is 6.72. The summed E-state index contributed by atoms with van der Waals surface area (Å²) in [5, 5.41) is 0. The Labute approximate surface area is 115 Å². The lowest BCUT2D eigenvalue weighted by atomic mass is 9.90. The van der Waals surface area contributed by atoms with Gasteiger partial charge in [-0.25, -0.2) is 0 Å². The molecule has 2 N–H and O–H groups in total. The zero-order chi connectivity index (χ0) is 12.8. The maximum Gasteiger partial charge on any atom is 0.103 e. The fraction of sp³-hybridized carbons (Fsp3) is 0.533. The Morgan fingerprint density at radius 1 is 1.28 bits per heavy atom. The highest BCUT2D eigenvalue weighted by Crippen LogP contribution is 2.24. The molecular weight excluding hydrogens is 242 g/mol. The third kappa shape index (κ3) is 4.07. The third-order valence-electron chi connectivity index (χ3n) is 3.56. The number of rotatable bonds is 5. The van der Waals surface area contributed by atoms with Crippen LogP contribution in [0.1, 0.15) is 43.2 Å². The minimum Gasteiger partial charge on any atom is -0.389 e. The normalized spacial score (nSPS) is 16.7. The van der Waals surface area contributed by atoms with E-state index in [-0.39, 0.29) is 0 Å². The van der Waals surface area contributed by atoms with Crippen LogP contribution in [0.15, 0.2) is 24.3 Å². The smallest absolute Gasteiger partial charge is 0.103 e. The van der Waals surface area contributed by atoms with E-state index in [0.29, 0.717) is 11.6 Å². The zero-order valence-corrected chi connectivity index (χ0v) is 11.5. The Balaban J connectivity index is 1.78. The summed E-state index contributed by atoms with van der Waals surface area (Å²) in [6.07, 6.45) is 6.78. The van der Waals surface area contributed by atoms with Crippen LogP contribution < -0.4 is 5.73 Å². The van der Waals surface area contributed by atoms with E-state index in [0.717, 1.165) is 23.7 Å². The van der Waals surface area contributed by atoms with Crippen molar-refractivity contribution in [2.45, 2.75) is 38.7 Å². The first kappa shape index (κ1) is 13.5. The standard InChI is InChI=1S/C15H21NOS/c16-15(18)14-8-4-7-13(9-14)11-17-10-12-5-2-1-3-6-12/h4,7-9,12H,1-3,5-6,10-11H2,(H2,16,18). The van der Waals surface area contributed by atoms with E-state index >= 15 is 0 Å². The van der Waals surface area contributed by atoms with Crippen LogP contribution in [-0.4, -0.2) is 11.6 Å². The highest BCUT2D eigenvalue weighted by molar-refractivity contribution is 7.80. The summed E-state index contributed by atoms with van der Waals surface area (Å²) >= 11 is 4.97. The average molecular weight is 263 g/mol. The molecule has 1 fully saturated rings. The summed E-state index contributed by atoms with van der Waals surface area (Å²) in [4.78, 5) is 0.448. The summed E-state index contributed by atoms with van der Waals surface area (Å²) in [5.74, 6) is 0.762. The van der Waals surface area contributed by atoms with Crippen molar-refractivity contribution in [2.24, 2.45) is 11.7 Å². The fourth-order valence-electron chi connectivity index (χ4n) is 2.51. The van der Waals surface area contributed by atoms with Crippen LogP contribution in [0.4, 0.5) is 0 Å². The molecule has 0 heterocycles. The predicted octanol–water partition coefficient (Wildman–Crippen LogP) is 3.42. The Morgan fingerprint density at radius 2 is 2.06 bits per heavy atom. The molecule has 1 aromatic carbocycles. The molecule has 0 aromatic heterocycles. The van der Waals surface area contributed by atoms with E-state index in [9.17, 15) is 0 Å². The molecule has 1 aliphatic rings. The number of benzene rings is 1. The van der Waals surface area contributed by atoms with Gasteiger partial charge in [-0.15, -0.1) is 0 Å². The van der Waals surface area contributed by atoms with Crippen molar-refractivity contribution in [1.29, 1.82) is 0 Å². The Hall–Kier alpha value is -0.930. The summed E-state index contributed by atoms with van der Waals surface area (Å²) in [6.45, 7) is 1.55. The van der Waals surface area contributed by atoms with Crippen molar-refractivity contribution in [1.82, 2.24) is 0 Å². The maximum absolute atomic E-state index is 5.81. The number of hydrogen-bond donors (Lipinski definition) is 1. The molecule has 1 saturated carbocycles. The molecule has 0 bridgehead atoms. The lowest BCUT2D eigenvalue weighted by Crippen LogP contribution is -2.13. The van der Waals surface area contributed by atoms with Gasteiger partial charge in [0.05, 0.1) is 6.61 Å². The van der Waals surface area contributed by atoms with Crippen molar-refractivity contribution >= 4 is 17.2 Å². The highest BCUT2D eigenvalue weighted by atomic mass is 32.1. The van der Waals surface area contributed by atoms with Gasteiger partial charge >= 0.3 is 0 Å². The lowest BCUT2D eigenvalue weighted by Gasteiger charge is -2.21. The Morgan fingerprint density at radius 3 is 2.78 bits per heavy atom. The Kier molecular flexibility index (Phi) is 5.14. The number of ether oxygens (including phenoxy) is 1. The number of nitrogens with two attached hydrogens (primary N) is 1. The van der Waals surface area contributed by atoms with Crippen molar-refractivity contribution in [3.05, 3.63) is 35.4 Å². The second-order valence-corrected chi connectivity index (χ2v) is 5.52. The van der Waals surface area contributed by atoms with E-state index < -0.39 is 0 Å².